The van der Waals surface area contributed by atoms with Gasteiger partial charge in [0.1, 0.15) is 10.8 Å². The van der Waals surface area contributed by atoms with Crippen molar-refractivity contribution in [1.29, 1.82) is 0 Å². The van der Waals surface area contributed by atoms with Crippen LogP contribution in [0.3, 0.4) is 0 Å². The van der Waals surface area contributed by atoms with Gasteiger partial charge < -0.3 is 10.1 Å². The number of aromatic nitrogens is 1. The number of hydrogen-bond acceptors (Lipinski definition) is 5. The summed E-state index contributed by atoms with van der Waals surface area (Å²) in [6, 6.07) is 7.66. The van der Waals surface area contributed by atoms with Crippen LogP contribution in [0.25, 0.3) is 0 Å². The fourth-order valence-corrected chi connectivity index (χ4v) is 2.82. The van der Waals surface area contributed by atoms with Crippen LogP contribution in [0.2, 0.25) is 0 Å². The summed E-state index contributed by atoms with van der Waals surface area (Å²) >= 11 is 1.52. The van der Waals surface area contributed by atoms with E-state index >= 15 is 0 Å². The van der Waals surface area contributed by atoms with Crippen LogP contribution in [0.1, 0.15) is 10.7 Å². The van der Waals surface area contributed by atoms with Crippen molar-refractivity contribution >= 4 is 22.8 Å². The van der Waals surface area contributed by atoms with E-state index in [4.69, 9.17) is 4.74 Å². The Morgan fingerprint density at radius 3 is 3.16 bits per heavy atom. The van der Waals surface area contributed by atoms with E-state index in [0.29, 0.717) is 13.0 Å². The molecular weight excluding hydrogens is 260 g/mol. The molecule has 1 unspecified atom stereocenters. The molecule has 0 bridgehead atoms. The molecule has 4 nitrogen and oxygen atoms in total. The van der Waals surface area contributed by atoms with Crippen molar-refractivity contribution in [2.24, 2.45) is 0 Å². The first-order chi connectivity index (χ1) is 9.22. The highest BCUT2D eigenvalue weighted by Gasteiger charge is 2.26. The highest BCUT2D eigenvalue weighted by atomic mass is 32.1. The first-order valence-electron chi connectivity index (χ1n) is 6.15. The van der Waals surface area contributed by atoms with Crippen LogP contribution in [0.5, 0.6) is 5.75 Å². The average molecular weight is 274 g/mol. The number of carbonyl (C=O) groups excluding carboxylic acids is 1. The smallest absolute Gasteiger partial charge is 0.181 e. The number of thiazole rings is 1. The predicted molar refractivity (Wildman–Crippen MR) is 74.9 cm³/mol. The fourth-order valence-electron chi connectivity index (χ4n) is 2.04. The molecule has 0 amide bonds. The van der Waals surface area contributed by atoms with Gasteiger partial charge in [-0.3, -0.25) is 4.79 Å². The van der Waals surface area contributed by atoms with Gasteiger partial charge in [-0.2, -0.15) is 0 Å². The van der Waals surface area contributed by atoms with E-state index in [0.717, 1.165) is 22.1 Å². The summed E-state index contributed by atoms with van der Waals surface area (Å²) in [5.41, 5.74) is 1.90. The lowest BCUT2D eigenvalue weighted by molar-refractivity contribution is -0.124. The van der Waals surface area contributed by atoms with E-state index in [1.54, 1.807) is 0 Å². The first-order valence-corrected chi connectivity index (χ1v) is 7.03. The van der Waals surface area contributed by atoms with Gasteiger partial charge in [-0.25, -0.2) is 4.98 Å². The number of nitrogens with zero attached hydrogens (tertiary/aromatic N) is 1. The maximum Gasteiger partial charge on any atom is 0.181 e. The van der Waals surface area contributed by atoms with Gasteiger partial charge in [0.2, 0.25) is 0 Å². The van der Waals surface area contributed by atoms with Crippen molar-refractivity contribution < 1.29 is 9.53 Å². The summed E-state index contributed by atoms with van der Waals surface area (Å²) in [5, 5.41) is 6.03. The summed E-state index contributed by atoms with van der Waals surface area (Å²) in [4.78, 5) is 16.5. The standard InChI is InChI=1S/C14H14N2O2S/c1-9-8-19-14(16-9)6-11(17)13-7-15-10-4-2-3-5-12(10)18-13/h2-5,8,13,15H,6-7H2,1H3. The molecule has 1 aromatic carbocycles. The van der Waals surface area contributed by atoms with Gasteiger partial charge in [0.05, 0.1) is 18.7 Å². The van der Waals surface area contributed by atoms with Crippen LogP contribution in [-0.2, 0) is 11.2 Å². The number of nitrogens with one attached hydrogen (secondary N) is 1. The Kier molecular flexibility index (Phi) is 3.21. The Balaban J connectivity index is 1.69. The SMILES string of the molecule is Cc1csc(CC(=O)C2CNc3ccccc3O2)n1. The van der Waals surface area contributed by atoms with E-state index in [1.807, 2.05) is 36.6 Å². The second-order valence-electron chi connectivity index (χ2n) is 4.51. The molecular formula is C14H14N2O2S. The van der Waals surface area contributed by atoms with Crippen molar-refractivity contribution in [3.8, 4) is 5.75 Å². The number of para-hydroxylation sites is 2. The molecule has 98 valence electrons. The molecule has 2 heterocycles. The Labute approximate surface area is 115 Å². The molecule has 1 aromatic heterocycles. The average Bonchev–Trinajstić information content (AvgIpc) is 2.83. The van der Waals surface area contributed by atoms with Crippen molar-refractivity contribution in [3.63, 3.8) is 0 Å². The molecule has 19 heavy (non-hydrogen) atoms. The number of ketones is 1. The Bertz CT molecular complexity index is 609. The third-order valence-electron chi connectivity index (χ3n) is 2.99. The van der Waals surface area contributed by atoms with Gasteiger partial charge >= 0.3 is 0 Å². The van der Waals surface area contributed by atoms with E-state index in [9.17, 15) is 4.79 Å². The van der Waals surface area contributed by atoms with Crippen molar-refractivity contribution in [2.75, 3.05) is 11.9 Å². The number of aryl methyl sites for hydroxylation is 1. The summed E-state index contributed by atoms with van der Waals surface area (Å²) in [5.74, 6) is 0.804. The van der Waals surface area contributed by atoms with Crippen molar-refractivity contribution in [3.05, 3.63) is 40.3 Å². The van der Waals surface area contributed by atoms with Gasteiger partial charge in [0, 0.05) is 11.1 Å². The monoisotopic (exact) mass is 274 g/mol. The van der Waals surface area contributed by atoms with Gasteiger partial charge in [-0.05, 0) is 19.1 Å². The number of carbonyl (C=O) groups is 1. The number of hydrogen-bond donors (Lipinski definition) is 1. The Hall–Kier alpha value is -1.88. The number of ether oxygens (including phenoxy) is 1. The third-order valence-corrected chi connectivity index (χ3v) is 3.95. The van der Waals surface area contributed by atoms with E-state index < -0.39 is 6.10 Å². The molecule has 5 heteroatoms. The molecule has 1 atom stereocenters. The van der Waals surface area contributed by atoms with Crippen LogP contribution in [0, 0.1) is 6.92 Å². The minimum absolute atomic E-state index is 0.0661. The second-order valence-corrected chi connectivity index (χ2v) is 5.45. The number of benzene rings is 1. The van der Waals surface area contributed by atoms with Gasteiger partial charge in [0.15, 0.2) is 11.9 Å². The maximum absolute atomic E-state index is 12.2. The lowest BCUT2D eigenvalue weighted by atomic mass is 10.1. The largest absolute Gasteiger partial charge is 0.479 e. The molecule has 0 saturated heterocycles. The third kappa shape index (κ3) is 2.61. The number of Topliss-reactive ketones (excluding diaryl/α,β-unsaturated/α-hetero) is 1. The van der Waals surface area contributed by atoms with E-state index in [1.165, 1.54) is 11.3 Å². The summed E-state index contributed by atoms with van der Waals surface area (Å²) in [6.45, 7) is 2.44. The van der Waals surface area contributed by atoms with E-state index in [-0.39, 0.29) is 5.78 Å². The molecule has 0 fully saturated rings. The molecule has 0 saturated carbocycles. The fraction of sp³-hybridized carbons (Fsp3) is 0.286. The molecule has 0 aliphatic carbocycles. The van der Waals surface area contributed by atoms with Crippen LogP contribution >= 0.6 is 11.3 Å². The van der Waals surface area contributed by atoms with Crippen LogP contribution in [0.15, 0.2) is 29.6 Å². The second kappa shape index (κ2) is 5.01. The predicted octanol–water partition coefficient (Wildman–Crippen LogP) is 2.44. The Morgan fingerprint density at radius 1 is 1.53 bits per heavy atom. The lowest BCUT2D eigenvalue weighted by Gasteiger charge is -2.26. The normalized spacial score (nSPS) is 17.2. The zero-order chi connectivity index (χ0) is 13.2. The van der Waals surface area contributed by atoms with Crippen molar-refractivity contribution in [2.45, 2.75) is 19.4 Å². The number of fused-ring (bicyclic) bond motifs is 1. The summed E-state index contributed by atoms with van der Waals surface area (Å²) < 4.78 is 5.74. The molecule has 1 N–H and O–H groups in total. The molecule has 0 spiro atoms. The van der Waals surface area contributed by atoms with Gasteiger partial charge in [-0.15, -0.1) is 11.3 Å². The number of rotatable bonds is 3. The maximum atomic E-state index is 12.2. The quantitative estimate of drug-likeness (QED) is 0.934. The molecule has 1 aliphatic heterocycles. The number of anilines is 1. The first kappa shape index (κ1) is 12.2. The molecule has 0 radical (unpaired) electrons. The van der Waals surface area contributed by atoms with Crippen LogP contribution in [0.4, 0.5) is 5.69 Å². The molecule has 3 rings (SSSR count). The zero-order valence-electron chi connectivity index (χ0n) is 10.6. The highest BCUT2D eigenvalue weighted by molar-refractivity contribution is 7.09. The lowest BCUT2D eigenvalue weighted by Crippen LogP contribution is -2.38. The Morgan fingerprint density at radius 2 is 2.37 bits per heavy atom. The summed E-state index contributed by atoms with van der Waals surface area (Å²) in [7, 11) is 0. The summed E-state index contributed by atoms with van der Waals surface area (Å²) in [6.07, 6.45) is -0.0911. The highest BCUT2D eigenvalue weighted by Crippen LogP contribution is 2.28. The molecule has 2 aromatic rings. The van der Waals surface area contributed by atoms with Gasteiger partial charge in [0.25, 0.3) is 0 Å². The van der Waals surface area contributed by atoms with Crippen LogP contribution in [-0.4, -0.2) is 23.4 Å². The topological polar surface area (TPSA) is 51.2 Å². The minimum atomic E-state index is -0.431. The van der Waals surface area contributed by atoms with Gasteiger partial charge in [-0.1, -0.05) is 12.1 Å². The zero-order valence-corrected chi connectivity index (χ0v) is 11.4. The minimum Gasteiger partial charge on any atom is -0.479 e. The molecule has 1 aliphatic rings. The van der Waals surface area contributed by atoms with Crippen molar-refractivity contribution in [1.82, 2.24) is 4.98 Å². The van der Waals surface area contributed by atoms with E-state index in [2.05, 4.69) is 10.3 Å². The van der Waals surface area contributed by atoms with Crippen LogP contribution < -0.4 is 10.1 Å².